The molecule has 0 amide bonds. The van der Waals surface area contributed by atoms with E-state index in [0.29, 0.717) is 0 Å². The molecule has 0 N–H and O–H groups in total. The highest BCUT2D eigenvalue weighted by Crippen LogP contribution is 2.02. The van der Waals surface area contributed by atoms with Gasteiger partial charge in [-0.25, -0.2) is 4.57 Å². The van der Waals surface area contributed by atoms with Gasteiger partial charge in [-0.15, -0.1) is 0 Å². The summed E-state index contributed by atoms with van der Waals surface area (Å²) in [5.74, 6) is 0. The molecular weight excluding hydrogens is 190 g/mol. The Morgan fingerprint density at radius 3 is 3.00 bits per heavy atom. The van der Waals surface area contributed by atoms with Crippen LogP contribution in [0.5, 0.6) is 0 Å². The molecule has 0 fully saturated rings. The minimum atomic E-state index is 1.10. The van der Waals surface area contributed by atoms with Crippen LogP contribution in [0.25, 0.3) is 0 Å². The summed E-state index contributed by atoms with van der Waals surface area (Å²) >= 11 is 3.41. The Bertz CT molecular complexity index is 210. The number of hydrogen-bond donors (Lipinski definition) is 0. The van der Waals surface area contributed by atoms with Crippen LogP contribution in [0.4, 0.5) is 0 Å². The summed E-state index contributed by atoms with van der Waals surface area (Å²) in [5, 5.41) is 0. The van der Waals surface area contributed by atoms with Crippen LogP contribution in [0.3, 0.4) is 0 Å². The molecule has 1 heterocycles. The SMILES string of the molecule is CCC[n+]1cccc(Br)c1. The zero-order chi connectivity index (χ0) is 7.40. The second-order valence-corrected chi connectivity index (χ2v) is 3.18. The molecular formula is C8H11BrN+. The molecule has 1 aromatic rings. The monoisotopic (exact) mass is 200 g/mol. The van der Waals surface area contributed by atoms with E-state index in [4.69, 9.17) is 0 Å². The van der Waals surface area contributed by atoms with Gasteiger partial charge >= 0.3 is 0 Å². The van der Waals surface area contributed by atoms with Crippen molar-refractivity contribution < 1.29 is 4.57 Å². The van der Waals surface area contributed by atoms with Gasteiger partial charge in [0.25, 0.3) is 0 Å². The van der Waals surface area contributed by atoms with Crippen LogP contribution >= 0.6 is 15.9 Å². The van der Waals surface area contributed by atoms with Crippen LogP contribution < -0.4 is 4.57 Å². The fraction of sp³-hybridized carbons (Fsp3) is 0.375. The van der Waals surface area contributed by atoms with E-state index in [1.54, 1.807) is 0 Å². The molecule has 1 nitrogen and oxygen atoms in total. The van der Waals surface area contributed by atoms with Gasteiger partial charge in [0.15, 0.2) is 12.4 Å². The Morgan fingerprint density at radius 1 is 1.60 bits per heavy atom. The first-order valence-corrected chi connectivity index (χ1v) is 4.27. The maximum atomic E-state index is 3.41. The average molecular weight is 201 g/mol. The second-order valence-electron chi connectivity index (χ2n) is 2.26. The van der Waals surface area contributed by atoms with Crippen LogP contribution in [0, 0.1) is 0 Å². The Kier molecular flexibility index (Phi) is 2.87. The third-order valence-electron chi connectivity index (χ3n) is 1.30. The van der Waals surface area contributed by atoms with Gasteiger partial charge in [0, 0.05) is 12.5 Å². The molecule has 0 aliphatic heterocycles. The van der Waals surface area contributed by atoms with Gasteiger partial charge in [-0.2, -0.15) is 0 Å². The maximum absolute atomic E-state index is 3.41. The van der Waals surface area contributed by atoms with Crippen molar-refractivity contribution in [3.05, 3.63) is 29.0 Å². The fourth-order valence-corrected chi connectivity index (χ4v) is 1.30. The van der Waals surface area contributed by atoms with Crippen LogP contribution in [0.1, 0.15) is 13.3 Å². The third-order valence-corrected chi connectivity index (χ3v) is 1.77. The van der Waals surface area contributed by atoms with Crippen molar-refractivity contribution in [2.75, 3.05) is 0 Å². The largest absolute Gasteiger partial charge is 0.204 e. The first-order chi connectivity index (χ1) is 4.83. The van der Waals surface area contributed by atoms with Crippen molar-refractivity contribution in [1.29, 1.82) is 0 Å². The van der Waals surface area contributed by atoms with Crippen molar-refractivity contribution in [3.63, 3.8) is 0 Å². The van der Waals surface area contributed by atoms with Gasteiger partial charge in [-0.3, -0.25) is 0 Å². The number of hydrogen-bond acceptors (Lipinski definition) is 0. The average Bonchev–Trinajstić information content (AvgIpc) is 1.88. The molecule has 0 bridgehead atoms. The lowest BCUT2D eigenvalue weighted by Gasteiger charge is -1.91. The topological polar surface area (TPSA) is 3.88 Å². The van der Waals surface area contributed by atoms with Gasteiger partial charge in [0.05, 0.1) is 4.47 Å². The van der Waals surface area contributed by atoms with Crippen LogP contribution in [0.15, 0.2) is 29.0 Å². The second kappa shape index (κ2) is 3.71. The summed E-state index contributed by atoms with van der Waals surface area (Å²) in [6.45, 7) is 3.27. The zero-order valence-electron chi connectivity index (χ0n) is 6.05. The minimum absolute atomic E-state index is 1.10. The highest BCUT2D eigenvalue weighted by molar-refractivity contribution is 9.10. The number of pyridine rings is 1. The third kappa shape index (κ3) is 2.10. The molecule has 0 aliphatic carbocycles. The molecule has 0 atom stereocenters. The first kappa shape index (κ1) is 7.73. The van der Waals surface area contributed by atoms with Gasteiger partial charge in [-0.05, 0) is 22.0 Å². The Hall–Kier alpha value is -0.370. The Morgan fingerprint density at radius 2 is 2.40 bits per heavy atom. The summed E-state index contributed by atoms with van der Waals surface area (Å²) in [5.41, 5.74) is 0. The molecule has 0 spiro atoms. The van der Waals surface area contributed by atoms with Gasteiger partial charge in [0.1, 0.15) is 6.54 Å². The normalized spacial score (nSPS) is 9.80. The van der Waals surface area contributed by atoms with Gasteiger partial charge < -0.3 is 0 Å². The van der Waals surface area contributed by atoms with Gasteiger partial charge in [0.2, 0.25) is 0 Å². The predicted molar refractivity (Wildman–Crippen MR) is 44.6 cm³/mol. The molecule has 0 saturated carbocycles. The van der Waals surface area contributed by atoms with Crippen molar-refractivity contribution in [2.45, 2.75) is 19.9 Å². The fourth-order valence-electron chi connectivity index (χ4n) is 0.887. The molecule has 0 radical (unpaired) electrons. The zero-order valence-corrected chi connectivity index (χ0v) is 7.63. The van der Waals surface area contributed by atoms with Crippen LogP contribution in [0.2, 0.25) is 0 Å². The number of aromatic nitrogens is 1. The smallest absolute Gasteiger partial charge is 0.183 e. The van der Waals surface area contributed by atoms with E-state index in [1.807, 2.05) is 12.1 Å². The number of halogens is 1. The lowest BCUT2D eigenvalue weighted by atomic mass is 10.4. The standard InChI is InChI=1S/C8H11BrN/c1-2-5-10-6-3-4-8(9)7-10/h3-4,6-7H,2,5H2,1H3/q+1. The van der Waals surface area contributed by atoms with Crippen LogP contribution in [-0.2, 0) is 6.54 Å². The van der Waals surface area contributed by atoms with Crippen molar-refractivity contribution >= 4 is 15.9 Å². The Labute approximate surface area is 69.8 Å². The molecule has 1 aromatic heterocycles. The molecule has 0 saturated heterocycles. The molecule has 10 heavy (non-hydrogen) atoms. The maximum Gasteiger partial charge on any atom is 0.183 e. The summed E-state index contributed by atoms with van der Waals surface area (Å²) in [6, 6.07) is 4.08. The molecule has 54 valence electrons. The lowest BCUT2D eigenvalue weighted by molar-refractivity contribution is -0.697. The minimum Gasteiger partial charge on any atom is -0.204 e. The number of nitrogens with zero attached hydrogens (tertiary/aromatic N) is 1. The Balaban J connectivity index is 2.75. The van der Waals surface area contributed by atoms with E-state index < -0.39 is 0 Å². The van der Waals surface area contributed by atoms with E-state index in [0.717, 1.165) is 11.0 Å². The predicted octanol–water partition coefficient (Wildman–Crippen LogP) is 2.15. The first-order valence-electron chi connectivity index (χ1n) is 3.47. The number of rotatable bonds is 2. The van der Waals surface area contributed by atoms with Crippen LogP contribution in [-0.4, -0.2) is 0 Å². The van der Waals surface area contributed by atoms with Crippen molar-refractivity contribution in [1.82, 2.24) is 0 Å². The molecule has 0 aliphatic rings. The van der Waals surface area contributed by atoms with Gasteiger partial charge in [-0.1, -0.05) is 6.92 Å². The summed E-state index contributed by atoms with van der Waals surface area (Å²) in [4.78, 5) is 0. The number of aryl methyl sites for hydroxylation is 1. The van der Waals surface area contributed by atoms with E-state index >= 15 is 0 Å². The highest BCUT2D eigenvalue weighted by Gasteiger charge is 1.96. The molecule has 0 unspecified atom stereocenters. The summed E-state index contributed by atoms with van der Waals surface area (Å²) < 4.78 is 3.31. The van der Waals surface area contributed by atoms with E-state index in [2.05, 4.69) is 39.8 Å². The van der Waals surface area contributed by atoms with Crippen molar-refractivity contribution in [3.8, 4) is 0 Å². The van der Waals surface area contributed by atoms with E-state index in [9.17, 15) is 0 Å². The summed E-state index contributed by atoms with van der Waals surface area (Å²) in [6.07, 6.45) is 5.35. The summed E-state index contributed by atoms with van der Waals surface area (Å²) in [7, 11) is 0. The van der Waals surface area contributed by atoms with Crippen molar-refractivity contribution in [2.24, 2.45) is 0 Å². The van der Waals surface area contributed by atoms with E-state index in [-0.39, 0.29) is 0 Å². The lowest BCUT2D eigenvalue weighted by Crippen LogP contribution is -2.32. The molecule has 2 heteroatoms. The quantitative estimate of drug-likeness (QED) is 0.645. The van der Waals surface area contributed by atoms with E-state index in [1.165, 1.54) is 6.42 Å². The molecule has 0 aromatic carbocycles. The highest BCUT2D eigenvalue weighted by atomic mass is 79.9. The molecule has 1 rings (SSSR count).